The second-order valence-corrected chi connectivity index (χ2v) is 9.13. The third-order valence-corrected chi connectivity index (χ3v) is 7.10. The first-order valence-corrected chi connectivity index (χ1v) is 11.4. The number of nitrogens with one attached hydrogen (secondary N) is 3. The largest absolute Gasteiger partial charge is 0.376 e. The molecule has 2 atom stereocenters. The van der Waals surface area contributed by atoms with Crippen molar-refractivity contribution < 1.29 is 13.9 Å². The van der Waals surface area contributed by atoms with Crippen molar-refractivity contribution in [2.45, 2.75) is 56.5 Å². The van der Waals surface area contributed by atoms with Gasteiger partial charge in [-0.1, -0.05) is 0 Å². The lowest BCUT2D eigenvalue weighted by molar-refractivity contribution is -0.0828. The van der Waals surface area contributed by atoms with E-state index >= 15 is 0 Å². The summed E-state index contributed by atoms with van der Waals surface area (Å²) in [5.74, 6) is 0.679. The minimum Gasteiger partial charge on any atom is -0.376 e. The van der Waals surface area contributed by atoms with Gasteiger partial charge in [0.2, 0.25) is 0 Å². The van der Waals surface area contributed by atoms with E-state index in [1.165, 1.54) is 10.7 Å². The number of nitrogens with zero attached hydrogens (tertiary/aromatic N) is 4. The summed E-state index contributed by atoms with van der Waals surface area (Å²) in [6, 6.07) is 4.87. The van der Waals surface area contributed by atoms with Crippen LogP contribution in [-0.2, 0) is 4.74 Å². The van der Waals surface area contributed by atoms with Gasteiger partial charge in [-0.25, -0.2) is 9.37 Å². The van der Waals surface area contributed by atoms with Gasteiger partial charge in [0.15, 0.2) is 5.65 Å². The molecule has 0 spiro atoms. The molecule has 0 aliphatic heterocycles. The number of aromatic nitrogens is 4. The number of halogens is 1. The first-order chi connectivity index (χ1) is 16.3. The van der Waals surface area contributed by atoms with Gasteiger partial charge < -0.3 is 25.3 Å². The minimum absolute atomic E-state index is 0.0942. The van der Waals surface area contributed by atoms with E-state index in [1.807, 2.05) is 6.92 Å². The van der Waals surface area contributed by atoms with E-state index in [1.54, 1.807) is 43.1 Å². The molecule has 10 nitrogen and oxygen atoms in total. The molecule has 0 saturated heterocycles. The first-order valence-electron chi connectivity index (χ1n) is 11.4. The molecule has 3 aromatic rings. The molecular weight excluding hydrogens is 441 g/mol. The number of ether oxygens (including phenoxy) is 1. The number of anilines is 3. The number of fused-ring (bicyclic) bond motifs is 1. The topological polar surface area (TPSA) is 115 Å². The van der Waals surface area contributed by atoms with E-state index < -0.39 is 6.17 Å². The molecule has 0 radical (unpaired) electrons. The van der Waals surface area contributed by atoms with Gasteiger partial charge in [0.1, 0.15) is 29.1 Å². The van der Waals surface area contributed by atoms with Crippen molar-refractivity contribution in [1.82, 2.24) is 24.5 Å². The fraction of sp³-hybridized carbons (Fsp3) is 0.478. The Balaban J connectivity index is 1.45. The van der Waals surface area contributed by atoms with E-state index in [2.05, 4.69) is 26.0 Å². The van der Waals surface area contributed by atoms with Gasteiger partial charge in [0.05, 0.1) is 17.8 Å². The maximum absolute atomic E-state index is 13.3. The average molecular weight is 470 g/mol. The molecule has 3 N–H and O–H groups in total. The maximum atomic E-state index is 13.3. The molecule has 5 rings (SSSR count). The van der Waals surface area contributed by atoms with Crippen molar-refractivity contribution in [2.75, 3.05) is 24.8 Å². The monoisotopic (exact) mass is 469 g/mol. The summed E-state index contributed by atoms with van der Waals surface area (Å²) in [6.07, 6.45) is 4.69. The van der Waals surface area contributed by atoms with E-state index in [0.29, 0.717) is 41.4 Å². The number of alkyl halides is 1. The van der Waals surface area contributed by atoms with E-state index in [9.17, 15) is 14.0 Å². The summed E-state index contributed by atoms with van der Waals surface area (Å²) in [5, 5.41) is 13.4. The van der Waals surface area contributed by atoms with Crippen LogP contribution in [0.4, 0.5) is 21.7 Å². The molecule has 3 aromatic heterocycles. The molecule has 3 heterocycles. The van der Waals surface area contributed by atoms with Gasteiger partial charge in [0, 0.05) is 32.5 Å². The Kier molecular flexibility index (Phi) is 5.51. The maximum Gasteiger partial charge on any atom is 0.274 e. The number of hydrogen-bond acceptors (Lipinski definition) is 7. The van der Waals surface area contributed by atoms with Crippen LogP contribution in [0.15, 0.2) is 35.4 Å². The molecule has 1 amide bonds. The van der Waals surface area contributed by atoms with Gasteiger partial charge in [-0.05, 0) is 44.7 Å². The van der Waals surface area contributed by atoms with Crippen molar-refractivity contribution >= 4 is 28.9 Å². The summed E-state index contributed by atoms with van der Waals surface area (Å²) in [7, 11) is 3.38. The van der Waals surface area contributed by atoms with Crippen LogP contribution in [-0.4, -0.2) is 57.0 Å². The number of pyridine rings is 1. The van der Waals surface area contributed by atoms with Crippen molar-refractivity contribution in [3.8, 4) is 0 Å². The second kappa shape index (κ2) is 8.39. The molecule has 2 aliphatic rings. The number of rotatable bonds is 7. The molecule has 0 aromatic carbocycles. The van der Waals surface area contributed by atoms with Gasteiger partial charge in [-0.3, -0.25) is 9.59 Å². The van der Waals surface area contributed by atoms with Crippen LogP contribution in [0.1, 0.15) is 49.0 Å². The van der Waals surface area contributed by atoms with E-state index in [-0.39, 0.29) is 29.2 Å². The molecule has 2 saturated carbocycles. The van der Waals surface area contributed by atoms with Crippen LogP contribution in [0.25, 0.3) is 5.65 Å². The van der Waals surface area contributed by atoms with Crippen molar-refractivity contribution in [3.05, 3.63) is 46.5 Å². The fourth-order valence-corrected chi connectivity index (χ4v) is 4.54. The SMILES string of the molecule is CNc1cc(Nc2cccn(C3CC(F)C3)c2=O)nc2c(C(=O)N[C@@H]3CC[C@@]3(C)OC)cnn12. The molecule has 34 heavy (non-hydrogen) atoms. The highest BCUT2D eigenvalue weighted by Crippen LogP contribution is 2.35. The Bertz CT molecular complexity index is 1300. The molecule has 0 unspecified atom stereocenters. The van der Waals surface area contributed by atoms with Gasteiger partial charge in [0.25, 0.3) is 11.5 Å². The summed E-state index contributed by atoms with van der Waals surface area (Å²) in [5.41, 5.74) is 0.354. The zero-order valence-corrected chi connectivity index (χ0v) is 19.3. The zero-order valence-electron chi connectivity index (χ0n) is 19.3. The van der Waals surface area contributed by atoms with Crippen LogP contribution in [0.3, 0.4) is 0 Å². The fourth-order valence-electron chi connectivity index (χ4n) is 4.54. The highest BCUT2D eigenvalue weighted by atomic mass is 19.1. The van der Waals surface area contributed by atoms with Gasteiger partial charge >= 0.3 is 0 Å². The van der Waals surface area contributed by atoms with Crippen LogP contribution < -0.4 is 21.5 Å². The molecular formula is C23H28FN7O3. The van der Waals surface area contributed by atoms with E-state index in [4.69, 9.17) is 4.74 Å². The lowest BCUT2D eigenvalue weighted by Crippen LogP contribution is -2.59. The van der Waals surface area contributed by atoms with Crippen LogP contribution in [0.5, 0.6) is 0 Å². The van der Waals surface area contributed by atoms with Crippen molar-refractivity contribution in [3.63, 3.8) is 0 Å². The lowest BCUT2D eigenvalue weighted by Gasteiger charge is -2.45. The van der Waals surface area contributed by atoms with Crippen molar-refractivity contribution in [1.29, 1.82) is 0 Å². The number of amides is 1. The van der Waals surface area contributed by atoms with Crippen LogP contribution in [0, 0.1) is 0 Å². The third kappa shape index (κ3) is 3.69. The Morgan fingerprint density at radius 3 is 2.79 bits per heavy atom. The second-order valence-electron chi connectivity index (χ2n) is 9.13. The number of methoxy groups -OCH3 is 1. The van der Waals surface area contributed by atoms with Crippen molar-refractivity contribution in [2.24, 2.45) is 0 Å². The van der Waals surface area contributed by atoms with E-state index in [0.717, 1.165) is 12.8 Å². The Labute approximate surface area is 195 Å². The molecule has 2 fully saturated rings. The number of carbonyl (C=O) groups is 1. The standard InChI is InChI=1S/C23H28FN7O3/c1-23(34-3)7-6-17(23)28-21(32)15-12-26-31-19(25-2)11-18(29-20(15)31)27-16-5-4-8-30(22(16)33)14-9-13(24)10-14/h4-5,8,11-14,17,25H,6-7,9-10H2,1-3H3,(H,27,29)(H,28,32)/t13?,14?,17-,23-/m1/s1. The van der Waals surface area contributed by atoms with Gasteiger partial charge in [-0.15, -0.1) is 0 Å². The molecule has 2 aliphatic carbocycles. The number of carbonyl (C=O) groups excluding carboxylic acids is 1. The van der Waals surface area contributed by atoms with Gasteiger partial charge in [-0.2, -0.15) is 9.61 Å². The highest BCUT2D eigenvalue weighted by molar-refractivity contribution is 6.00. The summed E-state index contributed by atoms with van der Waals surface area (Å²) in [4.78, 5) is 30.6. The molecule has 11 heteroatoms. The summed E-state index contributed by atoms with van der Waals surface area (Å²) in [6.45, 7) is 1.97. The molecule has 0 bridgehead atoms. The minimum atomic E-state index is -0.857. The Morgan fingerprint density at radius 1 is 1.35 bits per heavy atom. The number of hydrogen-bond donors (Lipinski definition) is 3. The normalized spacial score (nSPS) is 25.9. The van der Waals surface area contributed by atoms with Crippen LogP contribution >= 0.6 is 0 Å². The third-order valence-electron chi connectivity index (χ3n) is 7.10. The quantitative estimate of drug-likeness (QED) is 0.487. The predicted octanol–water partition coefficient (Wildman–Crippen LogP) is 2.65. The molecule has 180 valence electrons. The predicted molar refractivity (Wildman–Crippen MR) is 126 cm³/mol. The Morgan fingerprint density at radius 2 is 2.15 bits per heavy atom. The lowest BCUT2D eigenvalue weighted by atomic mass is 9.76. The van der Waals surface area contributed by atoms with Crippen LogP contribution in [0.2, 0.25) is 0 Å². The highest BCUT2D eigenvalue weighted by Gasteiger charge is 2.44. The smallest absolute Gasteiger partial charge is 0.274 e. The average Bonchev–Trinajstić information content (AvgIpc) is 3.24. The summed E-state index contributed by atoms with van der Waals surface area (Å²) >= 11 is 0. The summed E-state index contributed by atoms with van der Waals surface area (Å²) < 4.78 is 21.9. The first kappa shape index (κ1) is 22.3. The zero-order chi connectivity index (χ0) is 24.0. The Hall–Kier alpha value is -3.47.